The number of fused-ring (bicyclic) bond motifs is 18. The van der Waals surface area contributed by atoms with E-state index in [0.29, 0.717) is 5.95 Å². The van der Waals surface area contributed by atoms with Crippen LogP contribution in [-0.4, -0.2) is 29.1 Å². The summed E-state index contributed by atoms with van der Waals surface area (Å²) in [6, 6.07) is 58.5. The van der Waals surface area contributed by atoms with Crippen molar-refractivity contribution in [2.75, 3.05) is 0 Å². The molecule has 0 atom stereocenters. The Labute approximate surface area is 371 Å². The van der Waals surface area contributed by atoms with E-state index in [-0.39, 0.29) is 0 Å². The molecule has 0 saturated heterocycles. The van der Waals surface area contributed by atoms with Crippen molar-refractivity contribution in [1.82, 2.24) is 29.1 Å². The molecule has 15 aromatic rings. The molecule has 0 spiro atoms. The van der Waals surface area contributed by atoms with Gasteiger partial charge in [0.25, 0.3) is 0 Å². The summed E-state index contributed by atoms with van der Waals surface area (Å²) < 4.78 is 9.85. The normalized spacial score (nSPS) is 12.4. The average molecular weight is 851 g/mol. The van der Waals surface area contributed by atoms with E-state index in [9.17, 15) is 0 Å². The number of benzene rings is 9. The zero-order chi connectivity index (χ0) is 41.6. The summed E-state index contributed by atoms with van der Waals surface area (Å²) in [4.78, 5) is 17.9. The molecule has 9 aromatic carbocycles. The Bertz CT molecular complexity index is 4500. The molecule has 0 bridgehead atoms. The van der Waals surface area contributed by atoms with Crippen LogP contribution < -0.4 is 0 Å². The molecule has 296 valence electrons. The minimum Gasteiger partial charge on any atom is -0.308 e. The van der Waals surface area contributed by atoms with Crippen molar-refractivity contribution in [2.45, 2.75) is 0 Å². The SMILES string of the molecule is c1ccc2cc3c(cc2c1)c1cc2sc4c(-c5ccc6c7c8ccccc8c8c9ccccc9sc8c7n(-c7ccc8cnccc8c7)c6c5)cccc4c2cc1n3-c1ncncn1. The van der Waals surface area contributed by atoms with Gasteiger partial charge in [-0.25, -0.2) is 15.0 Å². The zero-order valence-corrected chi connectivity index (χ0v) is 35.5. The van der Waals surface area contributed by atoms with Crippen LogP contribution in [0.15, 0.2) is 183 Å². The summed E-state index contributed by atoms with van der Waals surface area (Å²) >= 11 is 3.77. The van der Waals surface area contributed by atoms with Crippen molar-refractivity contribution >= 4 is 139 Å². The Morgan fingerprint density at radius 3 is 2.02 bits per heavy atom. The maximum atomic E-state index is 4.65. The number of hydrogen-bond acceptors (Lipinski definition) is 6. The van der Waals surface area contributed by atoms with Crippen LogP contribution in [0.4, 0.5) is 0 Å². The van der Waals surface area contributed by atoms with Crippen molar-refractivity contribution in [3.8, 4) is 22.8 Å². The van der Waals surface area contributed by atoms with Gasteiger partial charge in [0.1, 0.15) is 12.7 Å². The highest BCUT2D eigenvalue weighted by atomic mass is 32.1. The fourth-order valence-corrected chi connectivity index (χ4v) is 13.1. The first-order chi connectivity index (χ1) is 31.7. The molecule has 8 heteroatoms. The van der Waals surface area contributed by atoms with Gasteiger partial charge in [0, 0.05) is 80.7 Å². The zero-order valence-electron chi connectivity index (χ0n) is 33.8. The molecule has 0 aliphatic heterocycles. The van der Waals surface area contributed by atoms with E-state index in [1.807, 2.05) is 35.1 Å². The third kappa shape index (κ3) is 4.67. The summed E-state index contributed by atoms with van der Waals surface area (Å²) in [6.45, 7) is 0. The van der Waals surface area contributed by atoms with Gasteiger partial charge >= 0.3 is 0 Å². The maximum absolute atomic E-state index is 4.65. The van der Waals surface area contributed by atoms with Crippen LogP contribution in [0.3, 0.4) is 0 Å². The lowest BCUT2D eigenvalue weighted by molar-refractivity contribution is 0.940. The van der Waals surface area contributed by atoms with Crippen LogP contribution in [0.1, 0.15) is 0 Å². The molecule has 0 unspecified atom stereocenters. The van der Waals surface area contributed by atoms with E-state index in [2.05, 4.69) is 187 Å². The Morgan fingerprint density at radius 1 is 0.406 bits per heavy atom. The molecule has 0 aliphatic rings. The second kappa shape index (κ2) is 12.8. The second-order valence-corrected chi connectivity index (χ2v) is 18.8. The summed E-state index contributed by atoms with van der Waals surface area (Å²) in [7, 11) is 0. The highest BCUT2D eigenvalue weighted by Gasteiger charge is 2.24. The minimum absolute atomic E-state index is 0.609. The Balaban J connectivity index is 1.03. The Morgan fingerprint density at radius 2 is 1.12 bits per heavy atom. The molecule has 0 amide bonds. The molecule has 0 aliphatic carbocycles. The van der Waals surface area contributed by atoms with Crippen molar-refractivity contribution in [2.24, 2.45) is 0 Å². The second-order valence-electron chi connectivity index (χ2n) is 16.7. The van der Waals surface area contributed by atoms with E-state index in [1.165, 1.54) is 111 Å². The lowest BCUT2D eigenvalue weighted by Crippen LogP contribution is -2.00. The molecule has 6 heterocycles. The van der Waals surface area contributed by atoms with E-state index in [4.69, 9.17) is 0 Å². The van der Waals surface area contributed by atoms with Crippen LogP contribution in [-0.2, 0) is 0 Å². The monoisotopic (exact) mass is 850 g/mol. The van der Waals surface area contributed by atoms with Gasteiger partial charge in [-0.2, -0.15) is 0 Å². The van der Waals surface area contributed by atoms with E-state index in [1.54, 1.807) is 12.7 Å². The number of rotatable bonds is 3. The lowest BCUT2D eigenvalue weighted by atomic mass is 9.97. The molecule has 6 nitrogen and oxygen atoms in total. The van der Waals surface area contributed by atoms with Crippen LogP contribution in [0, 0.1) is 0 Å². The van der Waals surface area contributed by atoms with Crippen molar-refractivity contribution in [3.63, 3.8) is 0 Å². The smallest absolute Gasteiger partial charge is 0.237 e. The topological polar surface area (TPSA) is 61.4 Å². The van der Waals surface area contributed by atoms with Crippen LogP contribution in [0.2, 0.25) is 0 Å². The predicted molar refractivity (Wildman–Crippen MR) is 270 cm³/mol. The Kier molecular flexibility index (Phi) is 6.89. The van der Waals surface area contributed by atoms with Crippen molar-refractivity contribution in [1.29, 1.82) is 0 Å². The molecule has 0 fully saturated rings. The molecule has 0 saturated carbocycles. The number of nitrogens with zero attached hydrogens (tertiary/aromatic N) is 6. The number of thiophene rings is 2. The fourth-order valence-electron chi connectivity index (χ4n) is 10.6. The van der Waals surface area contributed by atoms with E-state index < -0.39 is 0 Å². The first kappa shape index (κ1) is 34.5. The van der Waals surface area contributed by atoms with E-state index in [0.717, 1.165) is 22.1 Å². The summed E-state index contributed by atoms with van der Waals surface area (Å²) in [6.07, 6.45) is 6.99. The lowest BCUT2D eigenvalue weighted by Gasteiger charge is -2.12. The first-order valence-corrected chi connectivity index (χ1v) is 23.0. The van der Waals surface area contributed by atoms with Gasteiger partial charge < -0.3 is 4.57 Å². The van der Waals surface area contributed by atoms with Gasteiger partial charge in [-0.05, 0) is 92.7 Å². The average Bonchev–Trinajstić information content (AvgIpc) is 4.10. The fraction of sp³-hybridized carbons (Fsp3) is 0. The first-order valence-electron chi connectivity index (χ1n) is 21.3. The quantitative estimate of drug-likeness (QED) is 0.178. The molecular weight excluding hydrogens is 821 g/mol. The number of hydrogen-bond donors (Lipinski definition) is 0. The van der Waals surface area contributed by atoms with Crippen molar-refractivity contribution in [3.05, 3.63) is 183 Å². The van der Waals surface area contributed by atoms with Gasteiger partial charge in [-0.1, -0.05) is 103 Å². The summed E-state index contributed by atoms with van der Waals surface area (Å²) in [5.74, 6) is 0.609. The van der Waals surface area contributed by atoms with E-state index >= 15 is 0 Å². The van der Waals surface area contributed by atoms with Crippen LogP contribution in [0.25, 0.3) is 139 Å². The third-order valence-electron chi connectivity index (χ3n) is 13.4. The van der Waals surface area contributed by atoms with Crippen molar-refractivity contribution < 1.29 is 0 Å². The molecule has 64 heavy (non-hydrogen) atoms. The van der Waals surface area contributed by atoms with Gasteiger partial charge in [-0.3, -0.25) is 9.55 Å². The minimum atomic E-state index is 0.609. The number of pyridine rings is 1. The molecule has 15 rings (SSSR count). The third-order valence-corrected chi connectivity index (χ3v) is 15.7. The van der Waals surface area contributed by atoms with Gasteiger partial charge in [0.15, 0.2) is 0 Å². The largest absolute Gasteiger partial charge is 0.308 e. The van der Waals surface area contributed by atoms with Gasteiger partial charge in [-0.15, -0.1) is 22.7 Å². The molecule has 6 aromatic heterocycles. The summed E-state index contributed by atoms with van der Waals surface area (Å²) in [5.41, 5.74) is 8.13. The predicted octanol–water partition coefficient (Wildman–Crippen LogP) is 15.3. The molecular formula is C56H30N6S2. The van der Waals surface area contributed by atoms with Crippen LogP contribution >= 0.6 is 22.7 Å². The van der Waals surface area contributed by atoms with Crippen LogP contribution in [0.5, 0.6) is 0 Å². The number of aromatic nitrogens is 6. The highest BCUT2D eigenvalue weighted by molar-refractivity contribution is 7.27. The Hall–Kier alpha value is -8.04. The van der Waals surface area contributed by atoms with Gasteiger partial charge in [0.05, 0.1) is 26.8 Å². The summed E-state index contributed by atoms with van der Waals surface area (Å²) in [5, 5.41) is 17.2. The maximum Gasteiger partial charge on any atom is 0.237 e. The molecule has 0 radical (unpaired) electrons. The molecule has 0 N–H and O–H groups in total. The highest BCUT2D eigenvalue weighted by Crippen LogP contribution is 2.50. The standard InChI is InChI=1S/C56H30N6S2/c1-2-9-32-24-47-43(23-31(32)8-1)44-27-50-45(26-48(44)62(47)56-59-29-58-30-60-56)40-14-7-13-37(54(40)64-50)34-17-19-41-46(25-34)61(36-18-16-35-28-57-21-20-33(35)22-36)53-51(41)38-10-3-4-11-39(38)52-42-12-5-6-15-49(42)63-55(52)53/h1-30H. The van der Waals surface area contributed by atoms with Gasteiger partial charge in [0.2, 0.25) is 5.95 Å².